The Morgan fingerprint density at radius 3 is 1.89 bits per heavy atom. The Morgan fingerprint density at radius 1 is 0.921 bits per heavy atom. The Labute approximate surface area is 217 Å². The van der Waals surface area contributed by atoms with Crippen molar-refractivity contribution in [2.75, 3.05) is 12.4 Å². The number of urea groups is 1. The van der Waals surface area contributed by atoms with Crippen LogP contribution in [0.3, 0.4) is 0 Å². The van der Waals surface area contributed by atoms with E-state index in [1.807, 2.05) is 5.32 Å². The fraction of sp³-hybridized carbons (Fsp3) is 0.231. The Morgan fingerprint density at radius 2 is 1.45 bits per heavy atom. The lowest BCUT2D eigenvalue weighted by atomic mass is 9.91. The van der Waals surface area contributed by atoms with Crippen LogP contribution in [-0.4, -0.2) is 54.0 Å². The van der Waals surface area contributed by atoms with Gasteiger partial charge in [-0.3, -0.25) is 19.6 Å². The Kier molecular flexibility index (Phi) is 10.3. The predicted octanol–water partition coefficient (Wildman–Crippen LogP) is 1.60. The van der Waals surface area contributed by atoms with Crippen LogP contribution < -0.4 is 26.7 Å². The first-order valence-corrected chi connectivity index (χ1v) is 11.0. The molecule has 6 N–H and O–H groups in total. The van der Waals surface area contributed by atoms with Crippen molar-refractivity contribution in [2.24, 2.45) is 0 Å². The molecule has 0 fully saturated rings. The number of hydrogen-bond acceptors (Lipinski definition) is 5. The van der Waals surface area contributed by atoms with E-state index in [1.165, 1.54) is 43.7 Å². The summed E-state index contributed by atoms with van der Waals surface area (Å²) in [6.07, 6.45) is -3.30. The largest absolute Gasteiger partial charge is 0.341 e. The molecule has 0 spiro atoms. The summed E-state index contributed by atoms with van der Waals surface area (Å²) < 4.78 is 27.7. The molecule has 0 aliphatic heterocycles. The molecule has 5 amide bonds. The van der Waals surface area contributed by atoms with Crippen molar-refractivity contribution >= 4 is 29.4 Å². The van der Waals surface area contributed by atoms with Gasteiger partial charge in [0.15, 0.2) is 0 Å². The molecule has 10 nitrogen and oxygen atoms in total. The van der Waals surface area contributed by atoms with Crippen LogP contribution in [0, 0.1) is 23.7 Å². The highest BCUT2D eigenvalue weighted by molar-refractivity contribution is 5.98. The van der Waals surface area contributed by atoms with Crippen molar-refractivity contribution in [3.05, 3.63) is 65.2 Å². The van der Waals surface area contributed by atoms with E-state index in [1.54, 1.807) is 24.3 Å². The van der Waals surface area contributed by atoms with Gasteiger partial charge in [-0.2, -0.15) is 0 Å². The number of carbonyl (C=O) groups is 4. The average Bonchev–Trinajstić information content (AvgIpc) is 2.89. The molecule has 0 radical (unpaired) electrons. The fourth-order valence-electron chi connectivity index (χ4n) is 3.08. The number of nitrogens with one attached hydrogen (secondary N) is 5. The minimum Gasteiger partial charge on any atom is -0.341 e. The zero-order valence-corrected chi connectivity index (χ0v) is 20.6. The highest BCUT2D eigenvalue weighted by atomic mass is 19.3. The minimum atomic E-state index is -3.30. The molecule has 0 aromatic heterocycles. The summed E-state index contributed by atoms with van der Waals surface area (Å²) in [4.78, 5) is 47.5. The normalized spacial score (nSPS) is 12.3. The lowest BCUT2D eigenvalue weighted by molar-refractivity contribution is -0.135. The van der Waals surface area contributed by atoms with Gasteiger partial charge in [0.2, 0.25) is 5.91 Å². The van der Waals surface area contributed by atoms with Crippen molar-refractivity contribution in [1.82, 2.24) is 21.4 Å². The van der Waals surface area contributed by atoms with Gasteiger partial charge in [0.1, 0.15) is 11.6 Å². The summed E-state index contributed by atoms with van der Waals surface area (Å²) in [5.74, 6) is 8.54. The van der Waals surface area contributed by atoms with Crippen LogP contribution in [0.5, 0.6) is 0 Å². The number of alkyl halides is 2. The lowest BCUT2D eigenvalue weighted by Crippen LogP contribution is -2.69. The Balaban J connectivity index is 2.14. The predicted molar refractivity (Wildman–Crippen MR) is 134 cm³/mol. The molecular weight excluding hydrogens is 500 g/mol. The molecule has 2 aromatic rings. The Hall–Kier alpha value is -4.94. The average molecular weight is 526 g/mol. The maximum absolute atomic E-state index is 13.9. The van der Waals surface area contributed by atoms with Crippen molar-refractivity contribution in [3.63, 3.8) is 0 Å². The zero-order valence-electron chi connectivity index (χ0n) is 20.6. The molecule has 0 bridgehead atoms. The highest BCUT2D eigenvalue weighted by Crippen LogP contribution is 2.21. The fourth-order valence-corrected chi connectivity index (χ4v) is 3.08. The summed E-state index contributed by atoms with van der Waals surface area (Å²) >= 11 is 0. The van der Waals surface area contributed by atoms with E-state index in [9.17, 15) is 28.0 Å². The highest BCUT2D eigenvalue weighted by Gasteiger charge is 2.48. The van der Waals surface area contributed by atoms with E-state index in [-0.39, 0.29) is 11.5 Å². The van der Waals surface area contributed by atoms with E-state index in [0.717, 1.165) is 6.92 Å². The zero-order chi connectivity index (χ0) is 28.3. The second-order valence-electron chi connectivity index (χ2n) is 8.01. The first kappa shape index (κ1) is 29.3. The first-order chi connectivity index (χ1) is 18.0. The third kappa shape index (κ3) is 8.05. The SMILES string of the molecule is CNC(=O)NC(C)(C(F)F)C(NC(=O)c1ccc(C#CC#Cc2ccc(NC(C)=O)cc2)cc1)C(=O)NO. The topological polar surface area (TPSA) is 149 Å². The van der Waals surface area contributed by atoms with Gasteiger partial charge in [-0.25, -0.2) is 19.1 Å². The van der Waals surface area contributed by atoms with E-state index in [0.29, 0.717) is 16.8 Å². The monoisotopic (exact) mass is 525 g/mol. The summed E-state index contributed by atoms with van der Waals surface area (Å²) in [5, 5.41) is 17.8. The smallest absolute Gasteiger partial charge is 0.315 e. The number of anilines is 1. The number of amides is 5. The second kappa shape index (κ2) is 13.4. The number of hydrogen-bond donors (Lipinski definition) is 6. The lowest BCUT2D eigenvalue weighted by Gasteiger charge is -2.36. The van der Waals surface area contributed by atoms with Crippen molar-refractivity contribution in [3.8, 4) is 23.7 Å². The van der Waals surface area contributed by atoms with Gasteiger partial charge >= 0.3 is 6.03 Å². The van der Waals surface area contributed by atoms with Crippen LogP contribution >= 0.6 is 0 Å². The van der Waals surface area contributed by atoms with Gasteiger partial charge in [-0.05, 0) is 67.3 Å². The molecule has 0 aliphatic rings. The standard InChI is InChI=1S/C26H25F2N5O5/c1-16(34)30-20-14-10-18(11-15-20)7-5-4-6-17-8-12-19(13-9-17)22(35)31-21(23(36)33-38)26(2,24(27)28)32-25(37)29-3/h8-15,21,24,38H,1-3H3,(H,30,34)(H,31,35)(H,33,36)(H2,29,32,37). The number of halogens is 2. The molecule has 38 heavy (non-hydrogen) atoms. The van der Waals surface area contributed by atoms with E-state index in [4.69, 9.17) is 5.21 Å². The first-order valence-electron chi connectivity index (χ1n) is 11.0. The summed E-state index contributed by atoms with van der Waals surface area (Å²) in [5.41, 5.74) is 0.502. The molecule has 2 rings (SSSR count). The molecule has 2 atom stereocenters. The quantitative estimate of drug-likeness (QED) is 0.185. The third-order valence-corrected chi connectivity index (χ3v) is 5.14. The van der Waals surface area contributed by atoms with Gasteiger partial charge in [0.25, 0.3) is 18.2 Å². The van der Waals surface area contributed by atoms with Crippen LogP contribution in [-0.2, 0) is 9.59 Å². The third-order valence-electron chi connectivity index (χ3n) is 5.14. The number of hydroxylamine groups is 1. The molecule has 0 aliphatic carbocycles. The molecule has 198 valence electrons. The molecule has 0 saturated heterocycles. The minimum absolute atomic E-state index is 0.00759. The molecule has 12 heteroatoms. The molecular formula is C26H25F2N5O5. The van der Waals surface area contributed by atoms with Crippen LogP contribution in [0.2, 0.25) is 0 Å². The van der Waals surface area contributed by atoms with E-state index >= 15 is 0 Å². The molecule has 0 heterocycles. The number of rotatable bonds is 7. The van der Waals surface area contributed by atoms with E-state index in [2.05, 4.69) is 39.6 Å². The second-order valence-corrected chi connectivity index (χ2v) is 8.01. The van der Waals surface area contributed by atoms with Crippen LogP contribution in [0.1, 0.15) is 35.3 Å². The summed E-state index contributed by atoms with van der Waals surface area (Å²) in [6, 6.07) is 9.49. The van der Waals surface area contributed by atoms with Crippen molar-refractivity contribution in [2.45, 2.75) is 31.9 Å². The Bertz CT molecular complexity index is 1310. The summed E-state index contributed by atoms with van der Waals surface area (Å²) in [7, 11) is 1.18. The van der Waals surface area contributed by atoms with Gasteiger partial charge in [-0.15, -0.1) is 0 Å². The molecule has 2 aromatic carbocycles. The molecule has 2 unspecified atom stereocenters. The molecule has 0 saturated carbocycles. The van der Waals surface area contributed by atoms with Crippen molar-refractivity contribution in [1.29, 1.82) is 0 Å². The maximum Gasteiger partial charge on any atom is 0.315 e. The number of carbonyl (C=O) groups excluding carboxylic acids is 4. The van der Waals surface area contributed by atoms with Gasteiger partial charge in [0, 0.05) is 36.3 Å². The van der Waals surface area contributed by atoms with E-state index < -0.39 is 35.9 Å². The van der Waals surface area contributed by atoms with Crippen LogP contribution in [0.15, 0.2) is 48.5 Å². The summed E-state index contributed by atoms with van der Waals surface area (Å²) in [6.45, 7) is 2.26. The number of benzene rings is 2. The van der Waals surface area contributed by atoms with Gasteiger partial charge in [-0.1, -0.05) is 11.8 Å². The van der Waals surface area contributed by atoms with Crippen molar-refractivity contribution < 1.29 is 33.2 Å². The maximum atomic E-state index is 13.9. The van der Waals surface area contributed by atoms with Gasteiger partial charge < -0.3 is 21.3 Å². The van der Waals surface area contributed by atoms with Gasteiger partial charge in [0.05, 0.1) is 0 Å². The van der Waals surface area contributed by atoms with Crippen LogP contribution in [0.25, 0.3) is 0 Å². The van der Waals surface area contributed by atoms with Crippen LogP contribution in [0.4, 0.5) is 19.3 Å².